The third-order valence-electron chi connectivity index (χ3n) is 3.18. The van der Waals surface area contributed by atoms with Crippen molar-refractivity contribution in [2.45, 2.75) is 6.92 Å². The van der Waals surface area contributed by atoms with E-state index in [1.165, 1.54) is 10.8 Å². The number of carbonyl (C=O) groups is 1. The minimum absolute atomic E-state index is 0.355. The molecule has 0 bridgehead atoms. The van der Waals surface area contributed by atoms with Crippen LogP contribution in [0.4, 0.5) is 5.69 Å². The summed E-state index contributed by atoms with van der Waals surface area (Å²) >= 11 is 1.68. The fraction of sp³-hybridized carbons (Fsp3) is 0.111. The fourth-order valence-electron chi connectivity index (χ4n) is 2.10. The summed E-state index contributed by atoms with van der Waals surface area (Å²) in [5, 5.41) is 4.04. The van der Waals surface area contributed by atoms with Gasteiger partial charge in [-0.15, -0.1) is 11.3 Å². The lowest BCUT2D eigenvalue weighted by molar-refractivity contribution is -0.137. The van der Waals surface area contributed by atoms with Crippen LogP contribution in [0.25, 0.3) is 20.8 Å². The molecule has 5 heteroatoms. The largest absolute Gasteiger partial charge is 0.463 e. The van der Waals surface area contributed by atoms with E-state index in [4.69, 9.17) is 4.74 Å². The molecular weight excluding hydrogens is 308 g/mol. The minimum atomic E-state index is -0.355. The molecule has 23 heavy (non-hydrogen) atoms. The van der Waals surface area contributed by atoms with E-state index >= 15 is 0 Å². The number of thiazole rings is 1. The highest BCUT2D eigenvalue weighted by atomic mass is 32.1. The number of esters is 1. The van der Waals surface area contributed by atoms with Gasteiger partial charge in [-0.2, -0.15) is 0 Å². The Morgan fingerprint density at radius 2 is 2.00 bits per heavy atom. The summed E-state index contributed by atoms with van der Waals surface area (Å²) in [6.45, 7) is 2.15. The highest BCUT2D eigenvalue weighted by Gasteiger charge is 2.05. The Hall–Kier alpha value is -2.66. The van der Waals surface area contributed by atoms with E-state index in [1.54, 1.807) is 24.5 Å². The molecule has 0 fully saturated rings. The zero-order chi connectivity index (χ0) is 16.1. The third kappa shape index (κ3) is 3.76. The fourth-order valence-corrected chi connectivity index (χ4v) is 3.07. The zero-order valence-corrected chi connectivity index (χ0v) is 13.5. The van der Waals surface area contributed by atoms with Gasteiger partial charge in [0, 0.05) is 23.5 Å². The van der Waals surface area contributed by atoms with E-state index in [1.807, 2.05) is 42.5 Å². The summed E-state index contributed by atoms with van der Waals surface area (Å²) in [5.74, 6) is -0.355. The van der Waals surface area contributed by atoms with Gasteiger partial charge < -0.3 is 10.1 Å². The number of para-hydroxylation sites is 1. The monoisotopic (exact) mass is 324 g/mol. The number of carbonyl (C=O) groups excluding carboxylic acids is 1. The second kappa shape index (κ2) is 7.07. The van der Waals surface area contributed by atoms with Gasteiger partial charge in [-0.25, -0.2) is 9.78 Å². The molecule has 3 aromatic rings. The smallest absolute Gasteiger partial charge is 0.332 e. The first kappa shape index (κ1) is 15.2. The summed E-state index contributed by atoms with van der Waals surface area (Å²) in [7, 11) is 0. The normalized spacial score (nSPS) is 11.0. The van der Waals surface area contributed by atoms with Gasteiger partial charge in [-0.1, -0.05) is 12.1 Å². The Labute approximate surface area is 138 Å². The second-order valence-corrected chi connectivity index (χ2v) is 5.82. The number of benzene rings is 2. The first-order valence-electron chi connectivity index (χ1n) is 7.32. The molecule has 116 valence electrons. The average Bonchev–Trinajstić information content (AvgIpc) is 3.00. The second-order valence-electron chi connectivity index (χ2n) is 4.79. The standard InChI is InChI=1S/C18H16N2O2S/c1-2-22-17(21)11-12-19-14-9-7-13(8-10-14)18-20-15-5-3-4-6-16(15)23-18/h3-12,19H,2H2,1H3/b12-11+. The topological polar surface area (TPSA) is 51.2 Å². The van der Waals surface area contributed by atoms with E-state index in [0.29, 0.717) is 6.61 Å². The van der Waals surface area contributed by atoms with E-state index in [-0.39, 0.29) is 5.97 Å². The molecule has 0 amide bonds. The van der Waals surface area contributed by atoms with Crippen LogP contribution < -0.4 is 5.32 Å². The predicted molar refractivity (Wildman–Crippen MR) is 94.5 cm³/mol. The first-order chi connectivity index (χ1) is 11.3. The molecule has 0 atom stereocenters. The molecule has 1 N–H and O–H groups in total. The Morgan fingerprint density at radius 1 is 1.22 bits per heavy atom. The molecule has 0 aliphatic heterocycles. The van der Waals surface area contributed by atoms with E-state index < -0.39 is 0 Å². The predicted octanol–water partition coefficient (Wildman–Crippen LogP) is 4.45. The number of hydrogen-bond donors (Lipinski definition) is 1. The number of fused-ring (bicyclic) bond motifs is 1. The molecule has 2 aromatic carbocycles. The number of nitrogens with zero attached hydrogens (tertiary/aromatic N) is 1. The van der Waals surface area contributed by atoms with Crippen molar-refractivity contribution in [2.24, 2.45) is 0 Å². The number of rotatable bonds is 5. The van der Waals surface area contributed by atoms with Crippen molar-refractivity contribution in [3.8, 4) is 10.6 Å². The van der Waals surface area contributed by atoms with Crippen molar-refractivity contribution in [3.05, 3.63) is 60.8 Å². The maximum absolute atomic E-state index is 11.2. The van der Waals surface area contributed by atoms with Crippen LogP contribution in [0.3, 0.4) is 0 Å². The highest BCUT2D eigenvalue weighted by Crippen LogP contribution is 2.30. The van der Waals surface area contributed by atoms with Crippen LogP contribution in [0.5, 0.6) is 0 Å². The van der Waals surface area contributed by atoms with Gasteiger partial charge in [0.2, 0.25) is 0 Å². The van der Waals surface area contributed by atoms with Gasteiger partial charge in [0.05, 0.1) is 16.8 Å². The summed E-state index contributed by atoms with van der Waals surface area (Å²) in [6, 6.07) is 16.0. The lowest BCUT2D eigenvalue weighted by Gasteiger charge is -2.02. The molecule has 1 aromatic heterocycles. The Kier molecular flexibility index (Phi) is 4.68. The molecule has 0 saturated heterocycles. The summed E-state index contributed by atoms with van der Waals surface area (Å²) in [6.07, 6.45) is 2.94. The van der Waals surface area contributed by atoms with Crippen LogP contribution in [0.15, 0.2) is 60.8 Å². The van der Waals surface area contributed by atoms with Gasteiger partial charge in [0.25, 0.3) is 0 Å². The summed E-state index contributed by atoms with van der Waals surface area (Å²) in [5.41, 5.74) is 2.99. The molecule has 0 saturated carbocycles. The van der Waals surface area contributed by atoms with Crippen LogP contribution in [-0.4, -0.2) is 17.6 Å². The molecule has 0 spiro atoms. The van der Waals surface area contributed by atoms with Gasteiger partial charge in [0.1, 0.15) is 5.01 Å². The number of anilines is 1. The van der Waals surface area contributed by atoms with Crippen LogP contribution >= 0.6 is 11.3 Å². The molecule has 0 unspecified atom stereocenters. The Balaban J connectivity index is 1.70. The van der Waals surface area contributed by atoms with Crippen molar-refractivity contribution >= 4 is 33.2 Å². The van der Waals surface area contributed by atoms with Gasteiger partial charge in [-0.3, -0.25) is 0 Å². The van der Waals surface area contributed by atoms with Crippen molar-refractivity contribution in [3.63, 3.8) is 0 Å². The molecule has 0 aliphatic carbocycles. The summed E-state index contributed by atoms with van der Waals surface area (Å²) < 4.78 is 6.00. The number of hydrogen-bond acceptors (Lipinski definition) is 5. The van der Waals surface area contributed by atoms with Crippen molar-refractivity contribution in [1.82, 2.24) is 4.98 Å². The Bertz CT molecular complexity index is 805. The lowest BCUT2D eigenvalue weighted by Crippen LogP contribution is -2.00. The number of nitrogens with one attached hydrogen (secondary N) is 1. The van der Waals surface area contributed by atoms with Crippen LogP contribution in [0, 0.1) is 0 Å². The third-order valence-corrected chi connectivity index (χ3v) is 4.27. The van der Waals surface area contributed by atoms with Gasteiger partial charge in [-0.05, 0) is 43.3 Å². The maximum Gasteiger partial charge on any atom is 0.332 e. The number of ether oxygens (including phenoxy) is 1. The first-order valence-corrected chi connectivity index (χ1v) is 8.14. The van der Waals surface area contributed by atoms with Crippen molar-refractivity contribution in [1.29, 1.82) is 0 Å². The van der Waals surface area contributed by atoms with Crippen LogP contribution in [0.2, 0.25) is 0 Å². The van der Waals surface area contributed by atoms with Crippen LogP contribution in [0.1, 0.15) is 6.92 Å². The number of aromatic nitrogens is 1. The average molecular weight is 324 g/mol. The van der Waals surface area contributed by atoms with Crippen molar-refractivity contribution in [2.75, 3.05) is 11.9 Å². The quantitative estimate of drug-likeness (QED) is 0.556. The maximum atomic E-state index is 11.2. The van der Waals surface area contributed by atoms with E-state index in [9.17, 15) is 4.79 Å². The van der Waals surface area contributed by atoms with Crippen LogP contribution in [-0.2, 0) is 9.53 Å². The van der Waals surface area contributed by atoms with Gasteiger partial charge >= 0.3 is 5.97 Å². The SMILES string of the molecule is CCOC(=O)/C=C/Nc1ccc(-c2nc3ccccc3s2)cc1. The molecular formula is C18H16N2O2S. The molecule has 0 radical (unpaired) electrons. The lowest BCUT2D eigenvalue weighted by atomic mass is 10.2. The molecule has 3 rings (SSSR count). The Morgan fingerprint density at radius 3 is 2.74 bits per heavy atom. The molecule has 0 aliphatic rings. The minimum Gasteiger partial charge on any atom is -0.463 e. The molecule has 1 heterocycles. The van der Waals surface area contributed by atoms with E-state index in [0.717, 1.165) is 21.8 Å². The van der Waals surface area contributed by atoms with E-state index in [2.05, 4.69) is 16.4 Å². The summed E-state index contributed by atoms with van der Waals surface area (Å²) in [4.78, 5) is 15.8. The van der Waals surface area contributed by atoms with Gasteiger partial charge in [0.15, 0.2) is 0 Å². The zero-order valence-electron chi connectivity index (χ0n) is 12.7. The highest BCUT2D eigenvalue weighted by molar-refractivity contribution is 7.21. The van der Waals surface area contributed by atoms with Crippen molar-refractivity contribution < 1.29 is 9.53 Å². The molecule has 4 nitrogen and oxygen atoms in total.